The Hall–Kier alpha value is -2.12. The summed E-state index contributed by atoms with van der Waals surface area (Å²) in [5, 5.41) is 5.50. The fourth-order valence-electron chi connectivity index (χ4n) is 3.11. The fourth-order valence-corrected chi connectivity index (χ4v) is 4.47. The average Bonchev–Trinajstić information content (AvgIpc) is 3.07. The lowest BCUT2D eigenvalue weighted by Gasteiger charge is -1.86. The van der Waals surface area contributed by atoms with Gasteiger partial charge in [0, 0.05) is 20.2 Å². The van der Waals surface area contributed by atoms with E-state index >= 15 is 0 Å². The van der Waals surface area contributed by atoms with Crippen molar-refractivity contribution >= 4 is 23.5 Å². The third kappa shape index (κ3) is 1.14. The molecule has 1 heterocycles. The molecule has 0 bridgehead atoms. The summed E-state index contributed by atoms with van der Waals surface area (Å²) in [4.78, 5) is 0. The molecule has 0 atom stereocenters. The summed E-state index contributed by atoms with van der Waals surface area (Å²) in [6, 6.07) is 17.4. The van der Waals surface area contributed by atoms with Crippen molar-refractivity contribution in [2.45, 2.75) is 0 Å². The normalized spacial score (nSPS) is 13.1. The molecule has 0 nitrogen and oxygen atoms in total. The minimum atomic E-state index is 1.36. The van der Waals surface area contributed by atoms with Gasteiger partial charge in [0.1, 0.15) is 0 Å². The Bertz CT molecular complexity index is 1060. The largest absolute Gasteiger partial charge is 0.134 e. The molecule has 0 radical (unpaired) electrons. The van der Waals surface area contributed by atoms with Crippen LogP contribution < -0.4 is 10.4 Å². The molecule has 0 amide bonds. The van der Waals surface area contributed by atoms with Crippen LogP contribution in [0.2, 0.25) is 0 Å². The zero-order valence-electron chi connectivity index (χ0n) is 10.2. The molecule has 0 spiro atoms. The van der Waals surface area contributed by atoms with Crippen LogP contribution in [-0.2, 0) is 0 Å². The molecule has 88 valence electrons. The van der Waals surface area contributed by atoms with Gasteiger partial charge in [-0.25, -0.2) is 0 Å². The van der Waals surface area contributed by atoms with E-state index in [1.165, 1.54) is 41.1 Å². The standard InChI is InChI=1S/C18H10S/c1-3-7-13-11(5-1)9-15-16-10-12-6-2-4-8-14(12)18(16)19-17(13)15/h1-10H. The zero-order valence-corrected chi connectivity index (χ0v) is 11.0. The second-order valence-electron chi connectivity index (χ2n) is 5.05. The van der Waals surface area contributed by atoms with Crippen molar-refractivity contribution in [1.82, 2.24) is 0 Å². The molecule has 2 aliphatic rings. The van der Waals surface area contributed by atoms with Gasteiger partial charge in [0.15, 0.2) is 0 Å². The predicted molar refractivity (Wildman–Crippen MR) is 78.9 cm³/mol. The van der Waals surface area contributed by atoms with E-state index in [4.69, 9.17) is 0 Å². The van der Waals surface area contributed by atoms with Crippen molar-refractivity contribution in [3.63, 3.8) is 0 Å². The Kier molecular flexibility index (Phi) is 1.67. The lowest BCUT2D eigenvalue weighted by Crippen LogP contribution is -1.97. The van der Waals surface area contributed by atoms with Gasteiger partial charge in [0.2, 0.25) is 0 Å². The van der Waals surface area contributed by atoms with Gasteiger partial charge in [-0.1, -0.05) is 48.5 Å². The van der Waals surface area contributed by atoms with Gasteiger partial charge in [-0.15, -0.1) is 11.3 Å². The fraction of sp³-hybridized carbons (Fsp3) is 0. The molecule has 2 aromatic carbocycles. The highest BCUT2D eigenvalue weighted by Gasteiger charge is 2.14. The maximum atomic E-state index is 2.34. The molecule has 1 aromatic heterocycles. The Morgan fingerprint density at radius 2 is 1.05 bits per heavy atom. The highest BCUT2D eigenvalue weighted by atomic mass is 32.1. The van der Waals surface area contributed by atoms with E-state index in [1.807, 2.05) is 11.3 Å². The molecular weight excluding hydrogens is 248 g/mol. The van der Waals surface area contributed by atoms with E-state index in [0.29, 0.717) is 0 Å². The average molecular weight is 258 g/mol. The lowest BCUT2D eigenvalue weighted by molar-refractivity contribution is 1.53. The molecule has 0 aliphatic heterocycles. The van der Waals surface area contributed by atoms with Gasteiger partial charge in [-0.3, -0.25) is 0 Å². The molecule has 0 unspecified atom stereocenters. The Labute approximate surface area is 113 Å². The predicted octanol–water partition coefficient (Wildman–Crippen LogP) is 2.61. The van der Waals surface area contributed by atoms with E-state index in [0.717, 1.165) is 0 Å². The van der Waals surface area contributed by atoms with E-state index in [2.05, 4.69) is 60.7 Å². The highest BCUT2D eigenvalue weighted by Crippen LogP contribution is 2.27. The van der Waals surface area contributed by atoms with Crippen LogP contribution in [0.15, 0.2) is 48.5 Å². The first-order valence-electron chi connectivity index (χ1n) is 6.47. The Morgan fingerprint density at radius 1 is 0.579 bits per heavy atom. The molecule has 0 saturated carbocycles. The van der Waals surface area contributed by atoms with Crippen LogP contribution in [0.3, 0.4) is 0 Å². The van der Waals surface area contributed by atoms with Crippen LogP contribution in [0.25, 0.3) is 12.2 Å². The second kappa shape index (κ2) is 3.25. The van der Waals surface area contributed by atoms with Crippen LogP contribution in [0.4, 0.5) is 0 Å². The van der Waals surface area contributed by atoms with E-state index in [9.17, 15) is 0 Å². The maximum Gasteiger partial charge on any atom is 0.0434 e. The van der Waals surface area contributed by atoms with Crippen molar-refractivity contribution in [3.05, 3.63) is 89.6 Å². The first-order valence-corrected chi connectivity index (χ1v) is 7.28. The van der Waals surface area contributed by atoms with E-state index in [1.54, 1.807) is 0 Å². The molecule has 2 aliphatic carbocycles. The lowest BCUT2D eigenvalue weighted by atomic mass is 10.2. The van der Waals surface area contributed by atoms with Crippen molar-refractivity contribution in [1.29, 1.82) is 0 Å². The molecule has 0 N–H and O–H groups in total. The third-order valence-corrected chi connectivity index (χ3v) is 5.28. The third-order valence-electron chi connectivity index (χ3n) is 3.99. The molecule has 5 rings (SSSR count). The number of fused-ring (bicyclic) bond motifs is 5. The van der Waals surface area contributed by atoms with E-state index in [-0.39, 0.29) is 0 Å². The Morgan fingerprint density at radius 3 is 1.58 bits per heavy atom. The number of hydrogen-bond donors (Lipinski definition) is 0. The van der Waals surface area contributed by atoms with Crippen LogP contribution in [0, 0.1) is 19.5 Å². The number of rotatable bonds is 0. The molecule has 0 fully saturated rings. The van der Waals surface area contributed by atoms with Gasteiger partial charge in [-0.05, 0) is 33.0 Å². The van der Waals surface area contributed by atoms with Crippen LogP contribution >= 0.6 is 11.3 Å². The van der Waals surface area contributed by atoms with Gasteiger partial charge in [-0.2, -0.15) is 0 Å². The van der Waals surface area contributed by atoms with Crippen molar-refractivity contribution in [2.24, 2.45) is 0 Å². The van der Waals surface area contributed by atoms with Crippen molar-refractivity contribution in [2.75, 3.05) is 0 Å². The number of hydrogen-bond acceptors (Lipinski definition) is 1. The van der Waals surface area contributed by atoms with Gasteiger partial charge in [0.25, 0.3) is 0 Å². The highest BCUT2D eigenvalue weighted by molar-refractivity contribution is 7.08. The summed E-state index contributed by atoms with van der Waals surface area (Å²) in [7, 11) is 0. The quantitative estimate of drug-likeness (QED) is 0.400. The number of thiophene rings is 1. The summed E-state index contributed by atoms with van der Waals surface area (Å²) < 4.78 is 2.87. The molecule has 3 aromatic rings. The molecule has 19 heavy (non-hydrogen) atoms. The van der Waals surface area contributed by atoms with Gasteiger partial charge >= 0.3 is 0 Å². The van der Waals surface area contributed by atoms with Crippen LogP contribution in [0.1, 0.15) is 11.1 Å². The molecule has 0 saturated heterocycles. The molecular formula is C18H10S. The minimum absolute atomic E-state index is 1.36. The maximum absolute atomic E-state index is 2.34. The molecule has 1 heteroatoms. The van der Waals surface area contributed by atoms with Gasteiger partial charge in [0.05, 0.1) is 0 Å². The van der Waals surface area contributed by atoms with Crippen molar-refractivity contribution in [3.8, 4) is 0 Å². The summed E-state index contributed by atoms with van der Waals surface area (Å²) >= 11 is 1.93. The van der Waals surface area contributed by atoms with E-state index < -0.39 is 0 Å². The SMILES string of the molecule is C1=c2ccccc2=c2sc3c(c21)C=c1ccccc1=3. The monoisotopic (exact) mass is 258 g/mol. The first-order chi connectivity index (χ1) is 9.42. The van der Waals surface area contributed by atoms with Gasteiger partial charge < -0.3 is 0 Å². The minimum Gasteiger partial charge on any atom is -0.134 e. The second-order valence-corrected chi connectivity index (χ2v) is 6.07. The Balaban J connectivity index is 2.13. The summed E-state index contributed by atoms with van der Waals surface area (Å²) in [5.41, 5.74) is 2.83. The smallest absolute Gasteiger partial charge is 0.0434 e. The first kappa shape index (κ1) is 9.76. The summed E-state index contributed by atoms with van der Waals surface area (Å²) in [5.74, 6) is 0. The van der Waals surface area contributed by atoms with Crippen LogP contribution in [0.5, 0.6) is 0 Å². The number of benzene rings is 2. The summed E-state index contributed by atoms with van der Waals surface area (Å²) in [6.07, 6.45) is 4.67. The summed E-state index contributed by atoms with van der Waals surface area (Å²) in [6.45, 7) is 0. The topological polar surface area (TPSA) is 0 Å². The zero-order chi connectivity index (χ0) is 12.4. The van der Waals surface area contributed by atoms with Crippen LogP contribution in [-0.4, -0.2) is 0 Å². The van der Waals surface area contributed by atoms with Crippen molar-refractivity contribution < 1.29 is 0 Å².